The quantitative estimate of drug-likeness (QED) is 0.323. The number of anilines is 2. The summed E-state index contributed by atoms with van der Waals surface area (Å²) in [6.45, 7) is 2.48. The van der Waals surface area contributed by atoms with E-state index in [2.05, 4.69) is 16.0 Å². The van der Waals surface area contributed by atoms with E-state index in [4.69, 9.17) is 21.7 Å². The van der Waals surface area contributed by atoms with Crippen LogP contribution in [0.5, 0.6) is 11.5 Å². The summed E-state index contributed by atoms with van der Waals surface area (Å²) < 4.78 is 11.1. The highest BCUT2D eigenvalue weighted by molar-refractivity contribution is 7.80. The zero-order chi connectivity index (χ0) is 25.0. The van der Waals surface area contributed by atoms with Crippen molar-refractivity contribution < 1.29 is 19.1 Å². The van der Waals surface area contributed by atoms with Crippen LogP contribution in [0.25, 0.3) is 0 Å². The molecule has 0 unspecified atom stereocenters. The molecular formula is C27H29N3O4S. The minimum absolute atomic E-state index is 0.0647. The number of nitrogens with one attached hydrogen (secondary N) is 3. The molecule has 0 saturated heterocycles. The van der Waals surface area contributed by atoms with Crippen LogP contribution in [0, 0.1) is 0 Å². The Kier molecular flexibility index (Phi) is 9.62. The molecule has 0 aromatic heterocycles. The van der Waals surface area contributed by atoms with Gasteiger partial charge in [-0.05, 0) is 60.6 Å². The van der Waals surface area contributed by atoms with Crippen molar-refractivity contribution in [3.05, 3.63) is 83.9 Å². The van der Waals surface area contributed by atoms with Crippen LogP contribution < -0.4 is 25.4 Å². The van der Waals surface area contributed by atoms with E-state index in [1.807, 2.05) is 37.3 Å². The Morgan fingerprint density at radius 1 is 0.943 bits per heavy atom. The van der Waals surface area contributed by atoms with Gasteiger partial charge in [-0.25, -0.2) is 0 Å². The molecule has 0 heterocycles. The second-order valence-electron chi connectivity index (χ2n) is 7.77. The molecular weight excluding hydrogens is 462 g/mol. The molecule has 0 saturated carbocycles. The van der Waals surface area contributed by atoms with E-state index in [9.17, 15) is 9.59 Å². The molecule has 0 radical (unpaired) electrons. The van der Waals surface area contributed by atoms with Crippen LogP contribution in [0.1, 0.15) is 42.1 Å². The molecule has 0 spiro atoms. The average molecular weight is 492 g/mol. The van der Waals surface area contributed by atoms with Gasteiger partial charge in [0.1, 0.15) is 18.1 Å². The number of carbonyl (C=O) groups is 2. The molecule has 0 bridgehead atoms. The van der Waals surface area contributed by atoms with Crippen molar-refractivity contribution in [1.29, 1.82) is 0 Å². The SMILES string of the molecule is CCCCC(=O)Nc1ccc(NC(=S)NC(=O)c2ccc(OCc3ccccc3)cc2)cc1OC. The van der Waals surface area contributed by atoms with Crippen molar-refractivity contribution in [3.8, 4) is 11.5 Å². The molecule has 3 aromatic carbocycles. The third-order valence-electron chi connectivity index (χ3n) is 5.08. The minimum Gasteiger partial charge on any atom is -0.494 e. The van der Waals surface area contributed by atoms with Crippen molar-refractivity contribution in [1.82, 2.24) is 5.32 Å². The average Bonchev–Trinajstić information content (AvgIpc) is 2.88. The van der Waals surface area contributed by atoms with E-state index < -0.39 is 0 Å². The van der Waals surface area contributed by atoms with Gasteiger partial charge in [-0.1, -0.05) is 43.7 Å². The molecule has 3 N–H and O–H groups in total. The van der Waals surface area contributed by atoms with E-state index in [0.717, 1.165) is 18.4 Å². The molecule has 3 aromatic rings. The highest BCUT2D eigenvalue weighted by Crippen LogP contribution is 2.28. The van der Waals surface area contributed by atoms with Crippen LogP contribution in [0.4, 0.5) is 11.4 Å². The van der Waals surface area contributed by atoms with Gasteiger partial charge in [-0.15, -0.1) is 0 Å². The predicted octanol–water partition coefficient (Wildman–Crippen LogP) is 5.53. The lowest BCUT2D eigenvalue weighted by Crippen LogP contribution is -2.34. The highest BCUT2D eigenvalue weighted by Gasteiger charge is 2.11. The molecule has 2 amide bonds. The van der Waals surface area contributed by atoms with Gasteiger partial charge in [0.15, 0.2) is 5.11 Å². The topological polar surface area (TPSA) is 88.7 Å². The number of benzene rings is 3. The molecule has 0 atom stereocenters. The molecule has 0 fully saturated rings. The van der Waals surface area contributed by atoms with Crippen molar-refractivity contribution in [2.75, 3.05) is 17.7 Å². The monoisotopic (exact) mass is 491 g/mol. The maximum atomic E-state index is 12.6. The minimum atomic E-state index is -0.344. The number of ether oxygens (including phenoxy) is 2. The molecule has 0 aliphatic rings. The van der Waals surface area contributed by atoms with Crippen molar-refractivity contribution in [2.45, 2.75) is 32.8 Å². The van der Waals surface area contributed by atoms with Crippen molar-refractivity contribution >= 4 is 40.5 Å². The van der Waals surface area contributed by atoms with Crippen LogP contribution in [-0.2, 0) is 11.4 Å². The first-order chi connectivity index (χ1) is 17.0. The first kappa shape index (κ1) is 25.7. The maximum absolute atomic E-state index is 12.6. The third kappa shape index (κ3) is 8.12. The van der Waals surface area contributed by atoms with Crippen LogP contribution in [0.3, 0.4) is 0 Å². The second kappa shape index (κ2) is 13.1. The molecule has 3 rings (SSSR count). The van der Waals surface area contributed by atoms with E-state index in [1.165, 1.54) is 7.11 Å². The molecule has 0 aliphatic carbocycles. The van der Waals surface area contributed by atoms with Crippen LogP contribution in [-0.4, -0.2) is 24.0 Å². The summed E-state index contributed by atoms with van der Waals surface area (Å²) in [5, 5.41) is 8.61. The fraction of sp³-hybridized carbons (Fsp3) is 0.222. The number of hydrogen-bond donors (Lipinski definition) is 3. The number of thiocarbonyl (C=S) groups is 1. The van der Waals surface area contributed by atoms with Gasteiger partial charge >= 0.3 is 0 Å². The number of carbonyl (C=O) groups excluding carboxylic acids is 2. The fourth-order valence-electron chi connectivity index (χ4n) is 3.20. The molecule has 182 valence electrons. The summed E-state index contributed by atoms with van der Waals surface area (Å²) in [4.78, 5) is 24.6. The van der Waals surface area contributed by atoms with Gasteiger partial charge in [0.05, 0.1) is 12.8 Å². The Hall–Kier alpha value is -3.91. The lowest BCUT2D eigenvalue weighted by molar-refractivity contribution is -0.116. The van der Waals surface area contributed by atoms with Gasteiger partial charge in [0.25, 0.3) is 5.91 Å². The summed E-state index contributed by atoms with van der Waals surface area (Å²) in [5.41, 5.74) is 2.70. The molecule has 0 aliphatic heterocycles. The Bertz CT molecular complexity index is 1150. The molecule has 8 heteroatoms. The summed E-state index contributed by atoms with van der Waals surface area (Å²) in [6.07, 6.45) is 2.23. The summed E-state index contributed by atoms with van der Waals surface area (Å²) in [5.74, 6) is 0.745. The zero-order valence-corrected chi connectivity index (χ0v) is 20.6. The number of hydrogen-bond acceptors (Lipinski definition) is 5. The first-order valence-corrected chi connectivity index (χ1v) is 11.8. The fourth-order valence-corrected chi connectivity index (χ4v) is 3.41. The lowest BCUT2D eigenvalue weighted by Gasteiger charge is -2.14. The smallest absolute Gasteiger partial charge is 0.257 e. The Labute approximate surface area is 210 Å². The van der Waals surface area contributed by atoms with E-state index in [-0.39, 0.29) is 16.9 Å². The van der Waals surface area contributed by atoms with E-state index in [0.29, 0.717) is 41.5 Å². The first-order valence-electron chi connectivity index (χ1n) is 11.4. The summed E-state index contributed by atoms with van der Waals surface area (Å²) in [6, 6.07) is 21.9. The zero-order valence-electron chi connectivity index (χ0n) is 19.8. The van der Waals surface area contributed by atoms with Crippen LogP contribution >= 0.6 is 12.2 Å². The highest BCUT2D eigenvalue weighted by atomic mass is 32.1. The van der Waals surface area contributed by atoms with Gasteiger partial charge in [0, 0.05) is 23.7 Å². The van der Waals surface area contributed by atoms with E-state index >= 15 is 0 Å². The Morgan fingerprint density at radius 2 is 1.69 bits per heavy atom. The molecule has 35 heavy (non-hydrogen) atoms. The van der Waals surface area contributed by atoms with Gasteiger partial charge in [0.2, 0.25) is 5.91 Å². The van der Waals surface area contributed by atoms with Gasteiger partial charge < -0.3 is 20.1 Å². The van der Waals surface area contributed by atoms with Gasteiger partial charge in [-0.3, -0.25) is 14.9 Å². The maximum Gasteiger partial charge on any atom is 0.257 e. The summed E-state index contributed by atoms with van der Waals surface area (Å²) >= 11 is 5.29. The number of amides is 2. The normalized spacial score (nSPS) is 10.2. The summed E-state index contributed by atoms with van der Waals surface area (Å²) in [7, 11) is 1.52. The standard InChI is InChI=1S/C27H29N3O4S/c1-3-4-10-25(31)29-23-16-13-21(17-24(23)33-2)28-27(35)30-26(32)20-11-14-22(15-12-20)34-18-19-8-6-5-7-9-19/h5-9,11-17H,3-4,10,18H2,1-2H3,(H,29,31)(H2,28,30,32,35). The Balaban J connectivity index is 1.53. The van der Waals surface area contributed by atoms with Crippen LogP contribution in [0.15, 0.2) is 72.8 Å². The third-order valence-corrected chi connectivity index (χ3v) is 5.29. The number of rotatable bonds is 10. The Morgan fingerprint density at radius 3 is 2.37 bits per heavy atom. The number of unbranched alkanes of at least 4 members (excludes halogenated alkanes) is 1. The van der Waals surface area contributed by atoms with Gasteiger partial charge in [-0.2, -0.15) is 0 Å². The van der Waals surface area contributed by atoms with Crippen molar-refractivity contribution in [3.63, 3.8) is 0 Å². The number of methoxy groups -OCH3 is 1. The van der Waals surface area contributed by atoms with Crippen LogP contribution in [0.2, 0.25) is 0 Å². The second-order valence-corrected chi connectivity index (χ2v) is 8.18. The van der Waals surface area contributed by atoms with Crippen molar-refractivity contribution in [2.24, 2.45) is 0 Å². The molecule has 7 nitrogen and oxygen atoms in total. The predicted molar refractivity (Wildman–Crippen MR) is 142 cm³/mol. The van der Waals surface area contributed by atoms with E-state index in [1.54, 1.807) is 42.5 Å². The largest absolute Gasteiger partial charge is 0.494 e. The lowest BCUT2D eigenvalue weighted by atomic mass is 10.2.